The molecule has 0 bridgehead atoms. The molecule has 0 unspecified atom stereocenters. The zero-order valence-corrected chi connectivity index (χ0v) is 29.1. The molecule has 0 saturated carbocycles. The molecular weight excluding hydrogens is 683 g/mol. The number of ether oxygens (including phenoxy) is 1. The topological polar surface area (TPSA) is 136 Å². The number of benzene rings is 3. The van der Waals surface area contributed by atoms with Crippen LogP contribution >= 0.6 is 15.9 Å². The molecule has 1 aromatic heterocycles. The van der Waals surface area contributed by atoms with E-state index in [0.29, 0.717) is 42.0 Å². The van der Waals surface area contributed by atoms with Crippen molar-refractivity contribution >= 4 is 53.2 Å². The van der Waals surface area contributed by atoms with Crippen molar-refractivity contribution in [1.82, 2.24) is 15.0 Å². The lowest BCUT2D eigenvalue weighted by Crippen LogP contribution is -2.45. The molecule has 6 rings (SSSR count). The van der Waals surface area contributed by atoms with Crippen LogP contribution in [-0.2, 0) is 34.6 Å². The second-order valence-corrected chi connectivity index (χ2v) is 17.5. The maximum absolute atomic E-state index is 16.2. The third kappa shape index (κ3) is 6.36. The number of nitrogens with one attached hydrogen (secondary N) is 1. The van der Waals surface area contributed by atoms with Gasteiger partial charge >= 0.3 is 0 Å². The molecule has 3 aromatic carbocycles. The van der Waals surface area contributed by atoms with Gasteiger partial charge < -0.3 is 29.9 Å². The van der Waals surface area contributed by atoms with Crippen LogP contribution in [-0.4, -0.2) is 53.0 Å². The molecule has 13 heteroatoms. The van der Waals surface area contributed by atoms with Gasteiger partial charge in [0.25, 0.3) is 11.8 Å². The van der Waals surface area contributed by atoms with Crippen LogP contribution in [0.5, 0.6) is 0 Å². The average Bonchev–Trinajstić information content (AvgIpc) is 3.67. The summed E-state index contributed by atoms with van der Waals surface area (Å²) in [6.07, 6.45) is 2.13. The largest absolute Gasteiger partial charge is 0.399 e. The second kappa shape index (κ2) is 12.9. The number of nitrogen functional groups attached to an aromatic ring is 1. The number of rotatable bonds is 10. The van der Waals surface area contributed by atoms with E-state index in [-0.39, 0.29) is 25.0 Å². The van der Waals surface area contributed by atoms with Gasteiger partial charge in [-0.1, -0.05) is 40.2 Å². The van der Waals surface area contributed by atoms with Gasteiger partial charge in [-0.25, -0.2) is 0 Å². The number of nitrogens with zero attached hydrogens (tertiary/aromatic N) is 4. The van der Waals surface area contributed by atoms with E-state index < -0.39 is 31.6 Å². The molecule has 0 radical (unpaired) electrons. The van der Waals surface area contributed by atoms with Gasteiger partial charge in [0.15, 0.2) is 5.60 Å². The maximum atomic E-state index is 16.2. The van der Waals surface area contributed by atoms with Crippen molar-refractivity contribution in [3.05, 3.63) is 99.8 Å². The summed E-state index contributed by atoms with van der Waals surface area (Å²) in [4.78, 5) is 29.0. The summed E-state index contributed by atoms with van der Waals surface area (Å²) in [5, 5.41) is 20.4. The highest BCUT2D eigenvalue weighted by molar-refractivity contribution is 9.10. The molecule has 2 amide bonds. The molecule has 3 heterocycles. The number of nitrogens with two attached hydrogens (primary N) is 1. The van der Waals surface area contributed by atoms with Crippen molar-refractivity contribution in [2.24, 2.45) is 5.92 Å². The van der Waals surface area contributed by atoms with Crippen LogP contribution in [0.15, 0.2) is 77.4 Å². The number of anilines is 3. The molecule has 4 atom stereocenters. The molecular formula is C34H38BrFN6O4Si. The monoisotopic (exact) mass is 720 g/mol. The molecule has 10 nitrogen and oxygen atoms in total. The predicted molar refractivity (Wildman–Crippen MR) is 184 cm³/mol. The summed E-state index contributed by atoms with van der Waals surface area (Å²) in [6.45, 7) is 6.01. The Labute approximate surface area is 282 Å². The number of carbonyl (C=O) groups is 2. The van der Waals surface area contributed by atoms with Gasteiger partial charge in [0.2, 0.25) is 8.41 Å². The first kappa shape index (κ1) is 33.0. The first-order valence-corrected chi connectivity index (χ1v) is 19.4. The molecule has 2 aliphatic heterocycles. The molecule has 4 aromatic rings. The highest BCUT2D eigenvalue weighted by Crippen LogP contribution is 2.60. The fourth-order valence-corrected chi connectivity index (χ4v) is 10.0. The van der Waals surface area contributed by atoms with Crippen molar-refractivity contribution in [3.8, 4) is 0 Å². The smallest absolute Gasteiger partial charge is 0.264 e. The maximum Gasteiger partial charge on any atom is 0.264 e. The van der Waals surface area contributed by atoms with Gasteiger partial charge in [-0.15, -0.1) is 5.10 Å². The van der Waals surface area contributed by atoms with Crippen LogP contribution in [0.4, 0.5) is 21.2 Å². The SMILES string of the molecule is C[C@H]1[C@H]([Si](C)(C)F)[C@@H](CCn2cc(CCO)nn2)O[C@]12C(=O)N(Cc1ccc(NC(=O)c3ccc(N)cc3)cc1)c1ccc(Br)cc12. The summed E-state index contributed by atoms with van der Waals surface area (Å²) >= 11 is 3.59. The number of aromatic nitrogens is 3. The summed E-state index contributed by atoms with van der Waals surface area (Å²) in [6, 6.07) is 19.8. The number of halogens is 2. The zero-order valence-electron chi connectivity index (χ0n) is 26.5. The lowest BCUT2D eigenvalue weighted by molar-refractivity contribution is -0.146. The Hall–Kier alpha value is -3.91. The van der Waals surface area contributed by atoms with Crippen LogP contribution in [0.1, 0.15) is 40.5 Å². The number of aliphatic hydroxyl groups excluding tert-OH is 1. The first-order chi connectivity index (χ1) is 22.4. The molecule has 1 saturated heterocycles. The standard InChI is InChI=1S/C34H38BrFN6O4Si/c1-21-31(47(2,3)36)30(14-16-41-20-27(15-17-43)39-40-41)46-34(21)28-18-24(35)8-13-29(28)42(33(34)45)19-22-4-11-26(12-5-22)38-32(44)23-6-9-25(37)10-7-23/h4-13,18,20-21,30-31,43H,14-17,19,37H2,1-3H3,(H,38,44)/t21-,30+,31-,34+/m0/s1. The normalized spacial score (nSPS) is 22.2. The van der Waals surface area contributed by atoms with Crippen LogP contribution in [0.25, 0.3) is 0 Å². The van der Waals surface area contributed by atoms with Crippen LogP contribution in [0.3, 0.4) is 0 Å². The fourth-order valence-electron chi connectivity index (χ4n) is 7.10. The molecule has 2 aliphatic rings. The van der Waals surface area contributed by atoms with E-state index in [4.69, 9.17) is 10.5 Å². The number of carbonyl (C=O) groups excluding carboxylic acids is 2. The average molecular weight is 722 g/mol. The minimum Gasteiger partial charge on any atom is -0.399 e. The summed E-state index contributed by atoms with van der Waals surface area (Å²) in [7, 11) is -3.32. The first-order valence-electron chi connectivity index (χ1n) is 15.6. The third-order valence-corrected chi connectivity index (χ3v) is 12.2. The molecule has 1 fully saturated rings. The van der Waals surface area contributed by atoms with Gasteiger partial charge in [-0.2, -0.15) is 0 Å². The second-order valence-electron chi connectivity index (χ2n) is 12.8. The van der Waals surface area contributed by atoms with E-state index in [9.17, 15) is 14.7 Å². The van der Waals surface area contributed by atoms with E-state index in [2.05, 4.69) is 31.6 Å². The zero-order chi connectivity index (χ0) is 33.5. The van der Waals surface area contributed by atoms with Crippen LogP contribution in [0, 0.1) is 5.92 Å². The molecule has 0 aliphatic carbocycles. The Balaban J connectivity index is 1.25. The molecule has 4 N–H and O–H groups in total. The van der Waals surface area contributed by atoms with E-state index in [1.165, 1.54) is 0 Å². The molecule has 1 spiro atoms. The number of hydrogen-bond donors (Lipinski definition) is 3. The Bertz CT molecular complexity index is 1780. The van der Waals surface area contributed by atoms with Crippen molar-refractivity contribution in [1.29, 1.82) is 0 Å². The number of aliphatic hydroxyl groups is 1. The third-order valence-electron chi connectivity index (χ3n) is 9.24. The Kier molecular flexibility index (Phi) is 9.09. The highest BCUT2D eigenvalue weighted by Gasteiger charge is 2.66. The Morgan fingerprint density at radius 3 is 2.55 bits per heavy atom. The van der Waals surface area contributed by atoms with Crippen molar-refractivity contribution in [2.75, 3.05) is 22.6 Å². The quantitative estimate of drug-likeness (QED) is 0.107. The van der Waals surface area contributed by atoms with Crippen LogP contribution in [0.2, 0.25) is 18.6 Å². The number of hydrogen-bond acceptors (Lipinski definition) is 7. The number of fused-ring (bicyclic) bond motifs is 2. The van der Waals surface area contributed by atoms with Gasteiger partial charge in [0, 0.05) is 64.2 Å². The Morgan fingerprint density at radius 2 is 1.87 bits per heavy atom. The minimum absolute atomic E-state index is 0.0208. The number of aryl methyl sites for hydroxylation is 1. The van der Waals surface area contributed by atoms with Gasteiger partial charge in [0.05, 0.1) is 24.0 Å². The van der Waals surface area contributed by atoms with E-state index >= 15 is 4.11 Å². The Morgan fingerprint density at radius 1 is 1.15 bits per heavy atom. The summed E-state index contributed by atoms with van der Waals surface area (Å²) in [5.41, 5.74) is 8.64. The fraction of sp³-hybridized carbons (Fsp3) is 0.353. The van der Waals surface area contributed by atoms with E-state index in [0.717, 1.165) is 21.3 Å². The van der Waals surface area contributed by atoms with Gasteiger partial charge in [-0.05, 0) is 79.7 Å². The van der Waals surface area contributed by atoms with Crippen molar-refractivity contribution < 1.29 is 23.5 Å². The van der Waals surface area contributed by atoms with Crippen molar-refractivity contribution in [3.63, 3.8) is 0 Å². The van der Waals surface area contributed by atoms with Gasteiger partial charge in [0.1, 0.15) is 0 Å². The molecule has 47 heavy (non-hydrogen) atoms. The lowest BCUT2D eigenvalue weighted by Gasteiger charge is -2.31. The van der Waals surface area contributed by atoms with E-state index in [1.54, 1.807) is 65.3 Å². The predicted octanol–water partition coefficient (Wildman–Crippen LogP) is 5.82. The summed E-state index contributed by atoms with van der Waals surface area (Å²) in [5.74, 6) is -0.883. The van der Waals surface area contributed by atoms with Crippen LogP contribution < -0.4 is 16.0 Å². The summed E-state index contributed by atoms with van der Waals surface area (Å²) < 4.78 is 25.5. The minimum atomic E-state index is -3.32. The van der Waals surface area contributed by atoms with Gasteiger partial charge in [-0.3, -0.25) is 14.3 Å². The van der Waals surface area contributed by atoms with E-state index in [1.807, 2.05) is 37.3 Å². The molecule has 246 valence electrons. The highest BCUT2D eigenvalue weighted by atomic mass is 79.9. The lowest BCUT2D eigenvalue weighted by atomic mass is 9.82. The van der Waals surface area contributed by atoms with Crippen molar-refractivity contribution in [2.45, 2.75) is 63.2 Å². The number of amides is 2.